The predicted octanol–water partition coefficient (Wildman–Crippen LogP) is 3.52. The Morgan fingerprint density at radius 3 is 2.67 bits per heavy atom. The van der Waals surface area contributed by atoms with Gasteiger partial charge in [-0.3, -0.25) is 9.52 Å². The minimum atomic E-state index is -3.95. The highest BCUT2D eigenvalue weighted by molar-refractivity contribution is 7.94. The van der Waals surface area contributed by atoms with Crippen molar-refractivity contribution in [2.45, 2.75) is 23.5 Å². The summed E-state index contributed by atoms with van der Waals surface area (Å²) in [5.74, 6) is -0.732. The Hall–Kier alpha value is -2.39. The molecule has 0 unspecified atom stereocenters. The molecule has 0 amide bonds. The molecule has 3 heterocycles. The summed E-state index contributed by atoms with van der Waals surface area (Å²) < 4.78 is 42.1. The molecular formula is C18H18FN3O3S2. The minimum absolute atomic E-state index is 0.115. The van der Waals surface area contributed by atoms with Gasteiger partial charge in [0.25, 0.3) is 15.6 Å². The van der Waals surface area contributed by atoms with Gasteiger partial charge in [0.1, 0.15) is 10.0 Å². The van der Waals surface area contributed by atoms with Gasteiger partial charge in [-0.2, -0.15) is 0 Å². The monoisotopic (exact) mass is 407 g/mol. The third-order valence-electron chi connectivity index (χ3n) is 4.61. The van der Waals surface area contributed by atoms with Gasteiger partial charge in [0, 0.05) is 24.7 Å². The molecule has 4 rings (SSSR count). The number of rotatable bonds is 4. The standard InChI is InChI=1S/C18H18FN3O3S2/c19-14-10-12-6-7-20-18(23)13(12)11-15(14)21-27(24,25)17-5-4-16(26-17)22-8-2-1-3-9-22/h4-7,10-11,21H,1-3,8-9H2,(H,20,23). The van der Waals surface area contributed by atoms with E-state index in [1.54, 1.807) is 12.1 Å². The molecule has 0 aliphatic carbocycles. The lowest BCUT2D eigenvalue weighted by molar-refractivity contribution is 0.580. The number of nitrogens with zero attached hydrogens (tertiary/aromatic N) is 1. The van der Waals surface area contributed by atoms with E-state index in [-0.39, 0.29) is 15.3 Å². The van der Waals surface area contributed by atoms with Crippen molar-refractivity contribution in [3.63, 3.8) is 0 Å². The molecule has 9 heteroatoms. The average Bonchev–Trinajstić information content (AvgIpc) is 3.15. The molecule has 1 aromatic carbocycles. The van der Waals surface area contributed by atoms with Crippen molar-refractivity contribution >= 4 is 42.8 Å². The first-order chi connectivity index (χ1) is 12.9. The molecule has 6 nitrogen and oxygen atoms in total. The van der Waals surface area contributed by atoms with Crippen LogP contribution in [-0.2, 0) is 10.0 Å². The highest BCUT2D eigenvalue weighted by atomic mass is 32.2. The number of nitrogens with one attached hydrogen (secondary N) is 2. The first-order valence-electron chi connectivity index (χ1n) is 8.63. The molecular weight excluding hydrogens is 389 g/mol. The third-order valence-corrected chi connectivity index (χ3v) is 7.61. The van der Waals surface area contributed by atoms with E-state index in [1.165, 1.54) is 24.8 Å². The summed E-state index contributed by atoms with van der Waals surface area (Å²) >= 11 is 1.16. The molecule has 3 aromatic rings. The fraction of sp³-hybridized carbons (Fsp3) is 0.278. The van der Waals surface area contributed by atoms with E-state index in [9.17, 15) is 17.6 Å². The van der Waals surface area contributed by atoms with Crippen LogP contribution in [0.15, 0.2) is 45.5 Å². The maximum absolute atomic E-state index is 14.3. The number of aromatic amines is 1. The van der Waals surface area contributed by atoms with E-state index >= 15 is 0 Å². The van der Waals surface area contributed by atoms with Crippen molar-refractivity contribution < 1.29 is 12.8 Å². The van der Waals surface area contributed by atoms with E-state index < -0.39 is 21.4 Å². The number of halogens is 1. The van der Waals surface area contributed by atoms with Crippen LogP contribution in [0, 0.1) is 5.82 Å². The van der Waals surface area contributed by atoms with Crippen molar-refractivity contribution in [3.05, 3.63) is 52.7 Å². The number of benzene rings is 1. The summed E-state index contributed by atoms with van der Waals surface area (Å²) in [5.41, 5.74) is -0.649. The molecule has 0 spiro atoms. The van der Waals surface area contributed by atoms with Crippen molar-refractivity contribution in [1.82, 2.24) is 4.98 Å². The average molecular weight is 407 g/mol. The van der Waals surface area contributed by atoms with Crippen LogP contribution in [0.1, 0.15) is 19.3 Å². The number of hydrogen-bond acceptors (Lipinski definition) is 5. The molecule has 1 fully saturated rings. The fourth-order valence-corrected chi connectivity index (χ4v) is 5.62. The smallest absolute Gasteiger partial charge is 0.271 e. The van der Waals surface area contributed by atoms with Gasteiger partial charge >= 0.3 is 0 Å². The zero-order valence-corrected chi connectivity index (χ0v) is 16.0. The molecule has 0 radical (unpaired) electrons. The van der Waals surface area contributed by atoms with Crippen LogP contribution >= 0.6 is 11.3 Å². The van der Waals surface area contributed by atoms with Crippen molar-refractivity contribution in [2.75, 3.05) is 22.7 Å². The summed E-state index contributed by atoms with van der Waals surface area (Å²) in [6.07, 6.45) is 4.79. The quantitative estimate of drug-likeness (QED) is 0.693. The van der Waals surface area contributed by atoms with E-state index in [0.717, 1.165) is 48.3 Å². The molecule has 0 atom stereocenters. The Balaban J connectivity index is 1.64. The molecule has 142 valence electrons. The van der Waals surface area contributed by atoms with Gasteiger partial charge in [-0.15, -0.1) is 11.3 Å². The second-order valence-electron chi connectivity index (χ2n) is 6.47. The summed E-state index contributed by atoms with van der Waals surface area (Å²) in [6.45, 7) is 1.82. The van der Waals surface area contributed by atoms with Crippen LogP contribution in [0.5, 0.6) is 0 Å². The highest BCUT2D eigenvalue weighted by Gasteiger charge is 2.22. The first-order valence-corrected chi connectivity index (χ1v) is 10.9. The summed E-state index contributed by atoms with van der Waals surface area (Å²) in [4.78, 5) is 16.6. The highest BCUT2D eigenvalue weighted by Crippen LogP contribution is 2.32. The van der Waals surface area contributed by atoms with Crippen molar-refractivity contribution in [3.8, 4) is 0 Å². The van der Waals surface area contributed by atoms with Gasteiger partial charge in [-0.05, 0) is 55.0 Å². The molecule has 27 heavy (non-hydrogen) atoms. The molecule has 0 saturated carbocycles. The van der Waals surface area contributed by atoms with Crippen LogP contribution < -0.4 is 15.2 Å². The normalized spacial score (nSPS) is 15.2. The van der Waals surface area contributed by atoms with Crippen LogP contribution in [0.4, 0.5) is 15.1 Å². The number of hydrogen-bond donors (Lipinski definition) is 2. The Labute approximate surface area is 159 Å². The van der Waals surface area contributed by atoms with Gasteiger partial charge in [0.05, 0.1) is 10.7 Å². The fourth-order valence-electron chi connectivity index (χ4n) is 3.22. The summed E-state index contributed by atoms with van der Waals surface area (Å²) in [6, 6.07) is 7.24. The van der Waals surface area contributed by atoms with Crippen LogP contribution in [0.3, 0.4) is 0 Å². The lowest BCUT2D eigenvalue weighted by Gasteiger charge is -2.27. The van der Waals surface area contributed by atoms with Crippen LogP contribution in [0.2, 0.25) is 0 Å². The van der Waals surface area contributed by atoms with Gasteiger partial charge in [-0.25, -0.2) is 12.8 Å². The second-order valence-corrected chi connectivity index (χ2v) is 9.44. The summed E-state index contributed by atoms with van der Waals surface area (Å²) in [7, 11) is -3.95. The number of pyridine rings is 1. The van der Waals surface area contributed by atoms with E-state index in [2.05, 4.69) is 14.6 Å². The van der Waals surface area contributed by atoms with E-state index in [1.807, 2.05) is 0 Å². The zero-order chi connectivity index (χ0) is 19.0. The Morgan fingerprint density at radius 2 is 1.89 bits per heavy atom. The number of aromatic nitrogens is 1. The van der Waals surface area contributed by atoms with Crippen molar-refractivity contribution in [1.29, 1.82) is 0 Å². The molecule has 2 aromatic heterocycles. The Bertz CT molecular complexity index is 1150. The number of H-pyrrole nitrogens is 1. The van der Waals surface area contributed by atoms with E-state index in [0.29, 0.717) is 5.39 Å². The number of sulfonamides is 1. The molecule has 2 N–H and O–H groups in total. The van der Waals surface area contributed by atoms with Crippen LogP contribution in [0.25, 0.3) is 10.8 Å². The molecule has 1 saturated heterocycles. The number of piperidine rings is 1. The largest absolute Gasteiger partial charge is 0.363 e. The summed E-state index contributed by atoms with van der Waals surface area (Å²) in [5, 5.41) is 1.52. The van der Waals surface area contributed by atoms with Crippen LogP contribution in [-0.4, -0.2) is 26.5 Å². The second kappa shape index (κ2) is 6.97. The number of thiophene rings is 1. The van der Waals surface area contributed by atoms with Gasteiger partial charge in [-0.1, -0.05) is 0 Å². The molecule has 1 aliphatic rings. The molecule has 0 bridgehead atoms. The topological polar surface area (TPSA) is 82.3 Å². The zero-order valence-electron chi connectivity index (χ0n) is 14.4. The SMILES string of the molecule is O=c1[nH]ccc2cc(F)c(NS(=O)(=O)c3ccc(N4CCCCC4)s3)cc12. The lowest BCUT2D eigenvalue weighted by atomic mass is 10.1. The number of fused-ring (bicyclic) bond motifs is 1. The van der Waals surface area contributed by atoms with Gasteiger partial charge in [0.2, 0.25) is 0 Å². The maximum Gasteiger partial charge on any atom is 0.271 e. The van der Waals surface area contributed by atoms with Crippen molar-refractivity contribution in [2.24, 2.45) is 0 Å². The molecule has 1 aliphatic heterocycles. The van der Waals surface area contributed by atoms with E-state index in [4.69, 9.17) is 0 Å². The third kappa shape index (κ3) is 3.57. The number of anilines is 2. The maximum atomic E-state index is 14.3. The van der Waals surface area contributed by atoms with Gasteiger partial charge in [0.15, 0.2) is 0 Å². The first kappa shape index (κ1) is 18.0. The lowest BCUT2D eigenvalue weighted by Crippen LogP contribution is -2.28. The minimum Gasteiger partial charge on any atom is -0.363 e. The predicted molar refractivity (Wildman–Crippen MR) is 106 cm³/mol. The Kier molecular flexibility index (Phi) is 4.65. The van der Waals surface area contributed by atoms with Gasteiger partial charge < -0.3 is 9.88 Å². The Morgan fingerprint density at radius 1 is 1.11 bits per heavy atom.